The molecule has 2 aliphatic rings. The normalized spacial score (nSPS) is 20.9. The van der Waals surface area contributed by atoms with Crippen molar-refractivity contribution in [2.75, 3.05) is 6.54 Å². The number of rotatable bonds is 4. The minimum absolute atomic E-state index is 0.0151. The Labute approximate surface area is 108 Å². The SMILES string of the molecule is O=C(NCC1CCC1)c1ccn(C2CCCC2)n1. The fourth-order valence-electron chi connectivity index (χ4n) is 2.86. The van der Waals surface area contributed by atoms with Gasteiger partial charge in [-0.05, 0) is 37.7 Å². The maximum absolute atomic E-state index is 11.9. The Morgan fingerprint density at radius 3 is 2.72 bits per heavy atom. The van der Waals surface area contributed by atoms with E-state index in [9.17, 15) is 4.79 Å². The number of nitrogens with zero attached hydrogens (tertiary/aromatic N) is 2. The summed E-state index contributed by atoms with van der Waals surface area (Å²) < 4.78 is 1.98. The summed E-state index contributed by atoms with van der Waals surface area (Å²) in [5.41, 5.74) is 0.571. The lowest BCUT2D eigenvalue weighted by Crippen LogP contribution is -2.32. The van der Waals surface area contributed by atoms with Crippen LogP contribution in [0.3, 0.4) is 0 Å². The molecule has 0 aliphatic heterocycles. The largest absolute Gasteiger partial charge is 0.350 e. The molecule has 18 heavy (non-hydrogen) atoms. The van der Waals surface area contributed by atoms with E-state index in [2.05, 4.69) is 10.4 Å². The fraction of sp³-hybridized carbons (Fsp3) is 0.714. The molecule has 2 fully saturated rings. The quantitative estimate of drug-likeness (QED) is 0.888. The molecule has 0 bridgehead atoms. The standard InChI is InChI=1S/C14H21N3O/c18-14(15-10-11-4-3-5-11)13-8-9-17(16-13)12-6-1-2-7-12/h8-9,11-12H,1-7,10H2,(H,15,18). The third kappa shape index (κ3) is 2.42. The molecule has 0 unspecified atom stereocenters. The van der Waals surface area contributed by atoms with Crippen LogP contribution in [-0.2, 0) is 0 Å². The first-order chi connectivity index (χ1) is 8.83. The van der Waals surface area contributed by atoms with Crippen molar-refractivity contribution in [3.05, 3.63) is 18.0 Å². The van der Waals surface area contributed by atoms with Crippen LogP contribution in [0.25, 0.3) is 0 Å². The van der Waals surface area contributed by atoms with Crippen molar-refractivity contribution < 1.29 is 4.79 Å². The van der Waals surface area contributed by atoms with Gasteiger partial charge in [0.2, 0.25) is 0 Å². The van der Waals surface area contributed by atoms with Crippen LogP contribution >= 0.6 is 0 Å². The topological polar surface area (TPSA) is 46.9 Å². The third-order valence-electron chi connectivity index (χ3n) is 4.32. The van der Waals surface area contributed by atoms with E-state index in [0.717, 1.165) is 6.54 Å². The Morgan fingerprint density at radius 1 is 1.28 bits per heavy atom. The molecule has 0 radical (unpaired) electrons. The molecule has 4 heteroatoms. The molecular formula is C14H21N3O. The van der Waals surface area contributed by atoms with Crippen molar-refractivity contribution in [3.63, 3.8) is 0 Å². The number of hydrogen-bond acceptors (Lipinski definition) is 2. The van der Waals surface area contributed by atoms with E-state index in [-0.39, 0.29) is 5.91 Å². The highest BCUT2D eigenvalue weighted by Crippen LogP contribution is 2.28. The van der Waals surface area contributed by atoms with Gasteiger partial charge in [-0.3, -0.25) is 9.48 Å². The molecule has 0 spiro atoms. The zero-order valence-electron chi connectivity index (χ0n) is 10.8. The second-order valence-electron chi connectivity index (χ2n) is 5.63. The van der Waals surface area contributed by atoms with Crippen LogP contribution in [0, 0.1) is 5.92 Å². The highest BCUT2D eigenvalue weighted by Gasteiger charge is 2.21. The lowest BCUT2D eigenvalue weighted by atomic mass is 9.85. The number of aromatic nitrogens is 2. The van der Waals surface area contributed by atoms with Gasteiger partial charge < -0.3 is 5.32 Å². The Hall–Kier alpha value is -1.32. The summed E-state index contributed by atoms with van der Waals surface area (Å²) in [6.45, 7) is 0.815. The third-order valence-corrected chi connectivity index (χ3v) is 4.32. The average molecular weight is 247 g/mol. The summed E-state index contributed by atoms with van der Waals surface area (Å²) in [5.74, 6) is 0.685. The molecule has 1 amide bonds. The number of hydrogen-bond donors (Lipinski definition) is 1. The Morgan fingerprint density at radius 2 is 2.06 bits per heavy atom. The van der Waals surface area contributed by atoms with E-state index in [1.807, 2.05) is 16.9 Å². The van der Waals surface area contributed by atoms with E-state index >= 15 is 0 Å². The monoisotopic (exact) mass is 247 g/mol. The van der Waals surface area contributed by atoms with E-state index < -0.39 is 0 Å². The Balaban J connectivity index is 1.55. The predicted molar refractivity (Wildman–Crippen MR) is 69.4 cm³/mol. The van der Waals surface area contributed by atoms with Crippen LogP contribution in [0.15, 0.2) is 12.3 Å². The smallest absolute Gasteiger partial charge is 0.271 e. The summed E-state index contributed by atoms with van der Waals surface area (Å²) >= 11 is 0. The van der Waals surface area contributed by atoms with E-state index in [0.29, 0.717) is 17.7 Å². The lowest BCUT2D eigenvalue weighted by molar-refractivity contribution is 0.0933. The maximum Gasteiger partial charge on any atom is 0.271 e. The summed E-state index contributed by atoms with van der Waals surface area (Å²) in [4.78, 5) is 11.9. The average Bonchev–Trinajstić information content (AvgIpc) is 2.97. The highest BCUT2D eigenvalue weighted by molar-refractivity contribution is 5.92. The molecule has 1 aromatic rings. The van der Waals surface area contributed by atoms with Gasteiger partial charge >= 0.3 is 0 Å². The van der Waals surface area contributed by atoms with Gasteiger partial charge in [0.05, 0.1) is 6.04 Å². The van der Waals surface area contributed by atoms with Crippen molar-refractivity contribution in [2.45, 2.75) is 51.0 Å². The summed E-state index contributed by atoms with van der Waals surface area (Å²) in [6, 6.07) is 2.35. The van der Waals surface area contributed by atoms with Crippen molar-refractivity contribution in [1.82, 2.24) is 15.1 Å². The lowest BCUT2D eigenvalue weighted by Gasteiger charge is -2.25. The van der Waals surface area contributed by atoms with E-state index in [4.69, 9.17) is 0 Å². The van der Waals surface area contributed by atoms with Crippen LogP contribution in [0.5, 0.6) is 0 Å². The van der Waals surface area contributed by atoms with Crippen LogP contribution in [0.2, 0.25) is 0 Å². The van der Waals surface area contributed by atoms with Gasteiger partial charge in [-0.1, -0.05) is 19.3 Å². The zero-order valence-corrected chi connectivity index (χ0v) is 10.8. The number of nitrogens with one attached hydrogen (secondary N) is 1. The van der Waals surface area contributed by atoms with Gasteiger partial charge in [0.1, 0.15) is 5.69 Å². The van der Waals surface area contributed by atoms with Gasteiger partial charge in [-0.15, -0.1) is 0 Å². The van der Waals surface area contributed by atoms with Gasteiger partial charge in [0, 0.05) is 12.7 Å². The van der Waals surface area contributed by atoms with Crippen molar-refractivity contribution in [2.24, 2.45) is 5.92 Å². The number of carbonyl (C=O) groups excluding carboxylic acids is 1. The fourth-order valence-corrected chi connectivity index (χ4v) is 2.86. The van der Waals surface area contributed by atoms with Crippen molar-refractivity contribution in [3.8, 4) is 0 Å². The summed E-state index contributed by atoms with van der Waals surface area (Å²) in [7, 11) is 0. The molecule has 2 aliphatic carbocycles. The maximum atomic E-state index is 11.9. The Kier molecular flexibility index (Phi) is 3.35. The highest BCUT2D eigenvalue weighted by atomic mass is 16.1. The second kappa shape index (κ2) is 5.12. The minimum atomic E-state index is -0.0151. The first-order valence-electron chi connectivity index (χ1n) is 7.16. The molecular weight excluding hydrogens is 226 g/mol. The molecule has 1 heterocycles. The molecule has 98 valence electrons. The van der Waals surface area contributed by atoms with E-state index in [1.54, 1.807) is 0 Å². The minimum Gasteiger partial charge on any atom is -0.350 e. The molecule has 2 saturated carbocycles. The predicted octanol–water partition coefficient (Wildman–Crippen LogP) is 2.53. The molecule has 4 nitrogen and oxygen atoms in total. The molecule has 1 N–H and O–H groups in total. The van der Waals surface area contributed by atoms with Crippen LogP contribution in [0.1, 0.15) is 61.5 Å². The summed E-state index contributed by atoms with van der Waals surface area (Å²) in [6.07, 6.45) is 10.8. The first-order valence-corrected chi connectivity index (χ1v) is 7.16. The molecule has 1 aromatic heterocycles. The summed E-state index contributed by atoms with van der Waals surface area (Å²) in [5, 5.41) is 7.41. The van der Waals surface area contributed by atoms with Gasteiger partial charge in [-0.25, -0.2) is 0 Å². The molecule has 0 aromatic carbocycles. The first kappa shape index (κ1) is 11.8. The molecule has 0 atom stereocenters. The number of amides is 1. The van der Waals surface area contributed by atoms with Crippen molar-refractivity contribution in [1.29, 1.82) is 0 Å². The van der Waals surface area contributed by atoms with Crippen molar-refractivity contribution >= 4 is 5.91 Å². The van der Waals surface area contributed by atoms with E-state index in [1.165, 1.54) is 44.9 Å². The van der Waals surface area contributed by atoms with Gasteiger partial charge in [0.15, 0.2) is 0 Å². The molecule has 3 rings (SSSR count). The zero-order chi connectivity index (χ0) is 12.4. The van der Waals surface area contributed by atoms with Crippen LogP contribution < -0.4 is 5.32 Å². The van der Waals surface area contributed by atoms with Crippen LogP contribution in [0.4, 0.5) is 0 Å². The van der Waals surface area contributed by atoms with Gasteiger partial charge in [0.25, 0.3) is 5.91 Å². The van der Waals surface area contributed by atoms with Gasteiger partial charge in [-0.2, -0.15) is 5.10 Å². The Bertz CT molecular complexity index is 416. The second-order valence-corrected chi connectivity index (χ2v) is 5.63. The molecule has 0 saturated heterocycles. The number of carbonyl (C=O) groups is 1. The van der Waals surface area contributed by atoms with Crippen LogP contribution in [-0.4, -0.2) is 22.2 Å².